The molecule has 1 aromatic rings. The zero-order valence-electron chi connectivity index (χ0n) is 20.6. The summed E-state index contributed by atoms with van der Waals surface area (Å²) in [5.41, 5.74) is 0.157. The van der Waals surface area contributed by atoms with E-state index >= 15 is 0 Å². The van der Waals surface area contributed by atoms with Gasteiger partial charge in [0.25, 0.3) is 0 Å². The van der Waals surface area contributed by atoms with E-state index in [2.05, 4.69) is 16.0 Å². The van der Waals surface area contributed by atoms with Crippen molar-refractivity contribution in [3.05, 3.63) is 35.9 Å². The molecular formula is C24H37N3O7. The van der Waals surface area contributed by atoms with Crippen LogP contribution in [0.2, 0.25) is 0 Å². The maximum atomic E-state index is 12.7. The number of amides is 3. The average molecular weight is 480 g/mol. The van der Waals surface area contributed by atoms with E-state index in [-0.39, 0.29) is 19.6 Å². The first-order valence-electron chi connectivity index (χ1n) is 11.4. The lowest BCUT2D eigenvalue weighted by molar-refractivity contribution is -0.147. The fraction of sp³-hybridized carbons (Fsp3) is 0.583. The molecule has 0 unspecified atom stereocenters. The van der Waals surface area contributed by atoms with Crippen molar-refractivity contribution in [3.63, 3.8) is 0 Å². The molecule has 10 heteroatoms. The first-order chi connectivity index (χ1) is 16.0. The Morgan fingerprint density at radius 3 is 2.24 bits per heavy atom. The zero-order valence-corrected chi connectivity index (χ0v) is 20.6. The molecule has 0 heterocycles. The van der Waals surface area contributed by atoms with Gasteiger partial charge in [0.1, 0.15) is 24.3 Å². The van der Waals surface area contributed by atoms with Crippen LogP contribution in [0, 0.1) is 0 Å². The summed E-state index contributed by atoms with van der Waals surface area (Å²) in [6.07, 6.45) is 0.0719. The normalized spacial score (nSPS) is 12.6. The number of ether oxygens (including phenoxy) is 3. The maximum Gasteiger partial charge on any atom is 0.408 e. The van der Waals surface area contributed by atoms with Crippen LogP contribution in [0.1, 0.15) is 59.4 Å². The number of carbonyl (C=O) groups excluding carboxylic acids is 4. The highest BCUT2D eigenvalue weighted by Crippen LogP contribution is 2.09. The van der Waals surface area contributed by atoms with Gasteiger partial charge in [-0.15, -0.1) is 0 Å². The van der Waals surface area contributed by atoms with Crippen molar-refractivity contribution in [3.8, 4) is 0 Å². The molecule has 0 aliphatic carbocycles. The van der Waals surface area contributed by atoms with E-state index in [9.17, 15) is 19.2 Å². The Labute approximate surface area is 201 Å². The Bertz CT molecular complexity index is 794. The molecule has 3 amide bonds. The second-order valence-electron chi connectivity index (χ2n) is 8.67. The van der Waals surface area contributed by atoms with E-state index in [0.29, 0.717) is 19.4 Å². The molecule has 190 valence electrons. The quantitative estimate of drug-likeness (QED) is 0.238. The molecule has 3 N–H and O–H groups in total. The van der Waals surface area contributed by atoms with Gasteiger partial charge in [-0.2, -0.15) is 0 Å². The predicted molar refractivity (Wildman–Crippen MR) is 126 cm³/mol. The third-order valence-corrected chi connectivity index (χ3v) is 4.41. The van der Waals surface area contributed by atoms with Crippen LogP contribution in [-0.4, -0.2) is 54.9 Å². The van der Waals surface area contributed by atoms with Gasteiger partial charge in [-0.1, -0.05) is 30.3 Å². The van der Waals surface area contributed by atoms with Crippen LogP contribution in [0.5, 0.6) is 0 Å². The summed E-state index contributed by atoms with van der Waals surface area (Å²) in [6, 6.07) is 7.54. The molecule has 10 nitrogen and oxygen atoms in total. The molecule has 0 radical (unpaired) electrons. The van der Waals surface area contributed by atoms with Gasteiger partial charge >= 0.3 is 18.2 Å². The van der Waals surface area contributed by atoms with Gasteiger partial charge < -0.3 is 30.2 Å². The van der Waals surface area contributed by atoms with E-state index < -0.39 is 41.7 Å². The molecule has 1 aromatic carbocycles. The number of benzene rings is 1. The molecule has 0 aliphatic rings. The fourth-order valence-electron chi connectivity index (χ4n) is 2.80. The summed E-state index contributed by atoms with van der Waals surface area (Å²) in [6.45, 7) is 9.03. The number of alkyl carbamates (subject to hydrolysis) is 2. The van der Waals surface area contributed by atoms with Crippen molar-refractivity contribution in [1.82, 2.24) is 16.0 Å². The largest absolute Gasteiger partial charge is 0.464 e. The van der Waals surface area contributed by atoms with Gasteiger partial charge in [0.15, 0.2) is 0 Å². The van der Waals surface area contributed by atoms with E-state index in [0.717, 1.165) is 5.56 Å². The van der Waals surface area contributed by atoms with Gasteiger partial charge in [-0.3, -0.25) is 4.79 Å². The molecule has 0 saturated heterocycles. The van der Waals surface area contributed by atoms with Crippen LogP contribution in [0.3, 0.4) is 0 Å². The number of esters is 1. The Morgan fingerprint density at radius 1 is 0.941 bits per heavy atom. The predicted octanol–water partition coefficient (Wildman–Crippen LogP) is 3.04. The fourth-order valence-corrected chi connectivity index (χ4v) is 2.80. The first kappa shape index (κ1) is 28.7. The Morgan fingerprint density at radius 2 is 1.62 bits per heavy atom. The minimum absolute atomic E-state index is 0.174. The lowest BCUT2D eigenvalue weighted by Crippen LogP contribution is -2.51. The third kappa shape index (κ3) is 12.7. The van der Waals surface area contributed by atoms with Gasteiger partial charge in [-0.05, 0) is 59.4 Å². The molecule has 0 fully saturated rings. The minimum atomic E-state index is -0.920. The minimum Gasteiger partial charge on any atom is -0.464 e. The Hall–Kier alpha value is -3.30. The van der Waals surface area contributed by atoms with Crippen molar-refractivity contribution < 1.29 is 33.4 Å². The standard InChI is InChI=1S/C24H37N3O7/c1-6-32-21(29)17(2)26-20(28)19(27-23(31)34-24(3,4)5)14-10-11-15-25-22(30)33-16-18-12-8-7-9-13-18/h7-9,12-13,17,19H,6,10-11,14-16H2,1-5H3,(H,25,30)(H,26,28)(H,27,31)/t17-,19-/m0/s1. The molecule has 0 bridgehead atoms. The van der Waals surface area contributed by atoms with Gasteiger partial charge in [0.2, 0.25) is 5.91 Å². The van der Waals surface area contributed by atoms with E-state index in [1.807, 2.05) is 30.3 Å². The summed E-state index contributed by atoms with van der Waals surface area (Å²) in [4.78, 5) is 48.5. The average Bonchev–Trinajstić information content (AvgIpc) is 2.76. The molecule has 0 spiro atoms. The number of carbonyl (C=O) groups is 4. The number of unbranched alkanes of at least 4 members (excludes halogenated alkanes) is 1. The van der Waals surface area contributed by atoms with E-state index in [4.69, 9.17) is 14.2 Å². The lowest BCUT2D eigenvalue weighted by Gasteiger charge is -2.24. The number of rotatable bonds is 12. The highest BCUT2D eigenvalue weighted by molar-refractivity contribution is 5.89. The van der Waals surface area contributed by atoms with Crippen LogP contribution < -0.4 is 16.0 Å². The van der Waals surface area contributed by atoms with Crippen LogP contribution in [0.25, 0.3) is 0 Å². The molecule has 0 aromatic heterocycles. The Kier molecular flexibility index (Phi) is 12.5. The van der Waals surface area contributed by atoms with E-state index in [1.165, 1.54) is 6.92 Å². The van der Waals surface area contributed by atoms with Crippen molar-refractivity contribution in [1.29, 1.82) is 0 Å². The summed E-state index contributed by atoms with van der Waals surface area (Å²) in [5.74, 6) is -1.09. The van der Waals surface area contributed by atoms with Crippen LogP contribution >= 0.6 is 0 Å². The van der Waals surface area contributed by atoms with Crippen LogP contribution in [0.4, 0.5) is 9.59 Å². The molecular weight excluding hydrogens is 442 g/mol. The number of hydrogen-bond donors (Lipinski definition) is 3. The molecule has 2 atom stereocenters. The first-order valence-corrected chi connectivity index (χ1v) is 11.4. The SMILES string of the molecule is CCOC(=O)[C@H](C)NC(=O)[C@H](CCCCNC(=O)OCc1ccccc1)NC(=O)OC(C)(C)C. The van der Waals surface area contributed by atoms with Crippen LogP contribution in [-0.2, 0) is 30.4 Å². The van der Waals surface area contributed by atoms with Crippen molar-refractivity contribution in [2.24, 2.45) is 0 Å². The summed E-state index contributed by atoms with van der Waals surface area (Å²) in [5, 5.41) is 7.76. The number of hydrogen-bond acceptors (Lipinski definition) is 7. The molecule has 0 aliphatic heterocycles. The monoisotopic (exact) mass is 479 g/mol. The summed E-state index contributed by atoms with van der Waals surface area (Å²) in [7, 11) is 0. The second kappa shape index (κ2) is 14.8. The summed E-state index contributed by atoms with van der Waals surface area (Å²) < 4.78 is 15.3. The molecule has 34 heavy (non-hydrogen) atoms. The molecule has 1 rings (SSSR count). The highest BCUT2D eigenvalue weighted by Gasteiger charge is 2.26. The Balaban J connectivity index is 2.50. The van der Waals surface area contributed by atoms with Gasteiger partial charge in [0.05, 0.1) is 6.61 Å². The third-order valence-electron chi connectivity index (χ3n) is 4.41. The van der Waals surface area contributed by atoms with Gasteiger partial charge in [-0.25, -0.2) is 14.4 Å². The second-order valence-corrected chi connectivity index (χ2v) is 8.67. The maximum absolute atomic E-state index is 12.7. The van der Waals surface area contributed by atoms with Crippen molar-refractivity contribution in [2.75, 3.05) is 13.2 Å². The van der Waals surface area contributed by atoms with Crippen molar-refractivity contribution >= 4 is 24.1 Å². The van der Waals surface area contributed by atoms with Gasteiger partial charge in [0, 0.05) is 6.54 Å². The van der Waals surface area contributed by atoms with Crippen molar-refractivity contribution in [2.45, 2.75) is 78.2 Å². The number of nitrogens with one attached hydrogen (secondary N) is 3. The van der Waals surface area contributed by atoms with E-state index in [1.54, 1.807) is 27.7 Å². The van der Waals surface area contributed by atoms with Crippen LogP contribution in [0.15, 0.2) is 30.3 Å². The highest BCUT2D eigenvalue weighted by atomic mass is 16.6. The summed E-state index contributed by atoms with van der Waals surface area (Å²) >= 11 is 0. The topological polar surface area (TPSA) is 132 Å². The smallest absolute Gasteiger partial charge is 0.408 e. The molecule has 0 saturated carbocycles. The lowest BCUT2D eigenvalue weighted by atomic mass is 10.1. The zero-order chi connectivity index (χ0) is 25.6.